The topological polar surface area (TPSA) is 73.9 Å². The molecule has 0 aliphatic carbocycles. The summed E-state index contributed by atoms with van der Waals surface area (Å²) in [6, 6.07) is 4.88. The van der Waals surface area contributed by atoms with Crippen LogP contribution in [0.4, 0.5) is 0 Å². The Morgan fingerprint density at radius 3 is 2.32 bits per heavy atom. The van der Waals surface area contributed by atoms with Crippen molar-refractivity contribution in [2.24, 2.45) is 0 Å². The van der Waals surface area contributed by atoms with Crippen molar-refractivity contribution in [3.05, 3.63) is 23.8 Å². The molecule has 0 atom stereocenters. The zero-order valence-corrected chi connectivity index (χ0v) is 11.2. The van der Waals surface area contributed by atoms with E-state index in [1.807, 2.05) is 0 Å². The molecule has 0 saturated heterocycles. The molecule has 0 spiro atoms. The first-order valence-electron chi connectivity index (χ1n) is 5.69. The summed E-state index contributed by atoms with van der Waals surface area (Å²) in [5.41, 5.74) is 2.63. The van der Waals surface area contributed by atoms with Gasteiger partial charge in [-0.1, -0.05) is 0 Å². The molecule has 0 heterocycles. The first-order valence-corrected chi connectivity index (χ1v) is 5.69. The molecule has 6 heteroatoms. The van der Waals surface area contributed by atoms with Crippen LogP contribution < -0.4 is 15.0 Å². The third kappa shape index (κ3) is 4.26. The molecule has 0 unspecified atom stereocenters. The zero-order valence-electron chi connectivity index (χ0n) is 11.2. The number of benzene rings is 1. The standard InChI is InChI=1S/C13H17NO5/c1-17-11-6-4-9(8-12(11)18-2)10(15)5-7-13(16)14-19-3/h4,6,8H,5,7H2,1-3H3,(H,14,16). The molecule has 0 fully saturated rings. The summed E-state index contributed by atoms with van der Waals surface area (Å²) in [6.07, 6.45) is 0.172. The number of hydrogen-bond donors (Lipinski definition) is 1. The van der Waals surface area contributed by atoms with Crippen LogP contribution in [0.3, 0.4) is 0 Å². The van der Waals surface area contributed by atoms with E-state index in [9.17, 15) is 9.59 Å². The molecule has 0 aliphatic rings. The summed E-state index contributed by atoms with van der Waals surface area (Å²) in [6.45, 7) is 0. The Kier molecular flexibility index (Phi) is 5.81. The summed E-state index contributed by atoms with van der Waals surface area (Å²) in [5, 5.41) is 0. The van der Waals surface area contributed by atoms with Crippen LogP contribution in [-0.4, -0.2) is 33.0 Å². The monoisotopic (exact) mass is 267 g/mol. The highest BCUT2D eigenvalue weighted by Gasteiger charge is 2.12. The van der Waals surface area contributed by atoms with Crippen LogP contribution >= 0.6 is 0 Å². The van der Waals surface area contributed by atoms with Crippen LogP contribution in [0.2, 0.25) is 0 Å². The smallest absolute Gasteiger partial charge is 0.243 e. The van der Waals surface area contributed by atoms with Crippen molar-refractivity contribution in [2.45, 2.75) is 12.8 Å². The van der Waals surface area contributed by atoms with Gasteiger partial charge in [-0.15, -0.1) is 0 Å². The maximum atomic E-state index is 11.9. The van der Waals surface area contributed by atoms with Crippen molar-refractivity contribution < 1.29 is 23.9 Å². The van der Waals surface area contributed by atoms with E-state index in [2.05, 4.69) is 10.3 Å². The highest BCUT2D eigenvalue weighted by molar-refractivity contribution is 5.98. The SMILES string of the molecule is CONC(=O)CCC(=O)c1ccc(OC)c(OC)c1. The van der Waals surface area contributed by atoms with Crippen LogP contribution in [0.1, 0.15) is 23.2 Å². The number of amides is 1. The zero-order chi connectivity index (χ0) is 14.3. The summed E-state index contributed by atoms with van der Waals surface area (Å²) >= 11 is 0. The highest BCUT2D eigenvalue weighted by atomic mass is 16.6. The summed E-state index contributed by atoms with van der Waals surface area (Å²) < 4.78 is 10.2. The maximum absolute atomic E-state index is 11.9. The predicted molar refractivity (Wildman–Crippen MR) is 68.3 cm³/mol. The van der Waals surface area contributed by atoms with Gasteiger partial charge in [-0.25, -0.2) is 5.48 Å². The fourth-order valence-corrected chi connectivity index (χ4v) is 1.55. The van der Waals surface area contributed by atoms with Crippen molar-refractivity contribution in [3.8, 4) is 11.5 Å². The summed E-state index contributed by atoms with van der Waals surface area (Å²) in [4.78, 5) is 27.5. The number of rotatable bonds is 7. The molecule has 0 aromatic heterocycles. The molecule has 1 aromatic carbocycles. The Bertz CT molecular complexity index is 458. The number of ketones is 1. The number of hydroxylamine groups is 1. The molecule has 1 aromatic rings. The third-order valence-corrected chi connectivity index (χ3v) is 2.50. The van der Waals surface area contributed by atoms with E-state index in [0.29, 0.717) is 17.1 Å². The van der Waals surface area contributed by atoms with Crippen LogP contribution in [0, 0.1) is 0 Å². The lowest BCUT2D eigenvalue weighted by atomic mass is 10.1. The van der Waals surface area contributed by atoms with Gasteiger partial charge in [0.15, 0.2) is 17.3 Å². The van der Waals surface area contributed by atoms with Crippen LogP contribution in [0.25, 0.3) is 0 Å². The molecule has 0 bridgehead atoms. The molecule has 1 N–H and O–H groups in total. The maximum Gasteiger partial charge on any atom is 0.243 e. The van der Waals surface area contributed by atoms with Gasteiger partial charge in [0.25, 0.3) is 0 Å². The van der Waals surface area contributed by atoms with E-state index in [1.165, 1.54) is 21.3 Å². The normalized spacial score (nSPS) is 9.84. The fourth-order valence-electron chi connectivity index (χ4n) is 1.55. The Labute approximate surface area is 111 Å². The molecule has 19 heavy (non-hydrogen) atoms. The lowest BCUT2D eigenvalue weighted by Gasteiger charge is -2.09. The number of methoxy groups -OCH3 is 2. The second-order valence-corrected chi connectivity index (χ2v) is 3.72. The van der Waals surface area contributed by atoms with Crippen LogP contribution in [0.5, 0.6) is 11.5 Å². The molecule has 0 aliphatic heterocycles. The van der Waals surface area contributed by atoms with E-state index in [0.717, 1.165) is 0 Å². The van der Waals surface area contributed by atoms with E-state index >= 15 is 0 Å². The summed E-state index contributed by atoms with van der Waals surface area (Å²) in [7, 11) is 4.36. The minimum absolute atomic E-state index is 0.0705. The Balaban J connectivity index is 2.69. The third-order valence-electron chi connectivity index (χ3n) is 2.50. The number of nitrogens with one attached hydrogen (secondary N) is 1. The lowest BCUT2D eigenvalue weighted by molar-refractivity contribution is -0.131. The van der Waals surface area contributed by atoms with E-state index in [1.54, 1.807) is 18.2 Å². The molecule has 0 saturated carbocycles. The minimum Gasteiger partial charge on any atom is -0.493 e. The van der Waals surface area contributed by atoms with Gasteiger partial charge in [0.1, 0.15) is 0 Å². The number of hydrogen-bond acceptors (Lipinski definition) is 5. The average molecular weight is 267 g/mol. The first kappa shape index (κ1) is 15.0. The van der Waals surface area contributed by atoms with E-state index in [-0.39, 0.29) is 24.5 Å². The second-order valence-electron chi connectivity index (χ2n) is 3.72. The molecule has 6 nitrogen and oxygen atoms in total. The van der Waals surface area contributed by atoms with Gasteiger partial charge in [0.05, 0.1) is 21.3 Å². The van der Waals surface area contributed by atoms with Crippen molar-refractivity contribution >= 4 is 11.7 Å². The fraction of sp³-hybridized carbons (Fsp3) is 0.385. The first-order chi connectivity index (χ1) is 9.12. The van der Waals surface area contributed by atoms with Crippen LogP contribution in [0.15, 0.2) is 18.2 Å². The predicted octanol–water partition coefficient (Wildman–Crippen LogP) is 1.34. The molecule has 1 rings (SSSR count). The number of carbonyl (C=O) groups excluding carboxylic acids is 2. The van der Waals surface area contributed by atoms with Crippen LogP contribution in [-0.2, 0) is 9.63 Å². The Morgan fingerprint density at radius 1 is 1.05 bits per heavy atom. The minimum atomic E-state index is -0.337. The van der Waals surface area contributed by atoms with Crippen molar-refractivity contribution in [1.82, 2.24) is 5.48 Å². The Morgan fingerprint density at radius 2 is 1.74 bits per heavy atom. The molecular formula is C13H17NO5. The molecular weight excluding hydrogens is 250 g/mol. The van der Waals surface area contributed by atoms with Gasteiger partial charge >= 0.3 is 0 Å². The van der Waals surface area contributed by atoms with Gasteiger partial charge < -0.3 is 9.47 Å². The molecule has 104 valence electrons. The summed E-state index contributed by atoms with van der Waals surface area (Å²) in [5.74, 6) is 0.550. The number of carbonyl (C=O) groups is 2. The number of ether oxygens (including phenoxy) is 2. The largest absolute Gasteiger partial charge is 0.493 e. The van der Waals surface area contributed by atoms with E-state index < -0.39 is 0 Å². The Hall–Kier alpha value is -2.08. The average Bonchev–Trinajstić information content (AvgIpc) is 2.44. The van der Waals surface area contributed by atoms with E-state index in [4.69, 9.17) is 9.47 Å². The van der Waals surface area contributed by atoms with Crippen molar-refractivity contribution in [3.63, 3.8) is 0 Å². The number of Topliss-reactive ketones (excluding diaryl/α,β-unsaturated/α-hetero) is 1. The van der Waals surface area contributed by atoms with Gasteiger partial charge in [-0.3, -0.25) is 14.4 Å². The lowest BCUT2D eigenvalue weighted by Crippen LogP contribution is -2.22. The molecule has 0 radical (unpaired) electrons. The van der Waals surface area contributed by atoms with Gasteiger partial charge in [-0.2, -0.15) is 0 Å². The van der Waals surface area contributed by atoms with Crippen molar-refractivity contribution in [2.75, 3.05) is 21.3 Å². The highest BCUT2D eigenvalue weighted by Crippen LogP contribution is 2.28. The second kappa shape index (κ2) is 7.38. The molecule has 1 amide bonds. The van der Waals surface area contributed by atoms with Gasteiger partial charge in [0, 0.05) is 18.4 Å². The van der Waals surface area contributed by atoms with Gasteiger partial charge in [0.2, 0.25) is 5.91 Å². The quantitative estimate of drug-likeness (QED) is 0.596. The van der Waals surface area contributed by atoms with Crippen molar-refractivity contribution in [1.29, 1.82) is 0 Å². The van der Waals surface area contributed by atoms with Gasteiger partial charge in [-0.05, 0) is 18.2 Å².